The Hall–Kier alpha value is 0.0500. The Morgan fingerprint density at radius 2 is 2.24 bits per heavy atom. The molecule has 124 valence electrons. The van der Waals surface area contributed by atoms with Gasteiger partial charge in [0, 0.05) is 44.4 Å². The van der Waals surface area contributed by atoms with Crippen LogP contribution in [0.1, 0.15) is 26.2 Å². The molecular formula is C15H30IN3OS. The van der Waals surface area contributed by atoms with E-state index in [0.717, 1.165) is 62.7 Å². The maximum Gasteiger partial charge on any atom is 0.191 e. The Balaban J connectivity index is 0.00000400. The SMILES string of the molecule is C=CCSCCNC(=NCCCOCC1CC1)NCC.I. The molecule has 0 bridgehead atoms. The van der Waals surface area contributed by atoms with Crippen LogP contribution < -0.4 is 10.6 Å². The van der Waals surface area contributed by atoms with Gasteiger partial charge in [-0.05, 0) is 32.1 Å². The third-order valence-electron chi connectivity index (χ3n) is 2.89. The summed E-state index contributed by atoms with van der Waals surface area (Å²) in [4.78, 5) is 4.55. The molecule has 0 aromatic heterocycles. The van der Waals surface area contributed by atoms with Crippen LogP contribution in [-0.4, -0.2) is 50.3 Å². The van der Waals surface area contributed by atoms with Gasteiger partial charge in [-0.3, -0.25) is 4.99 Å². The summed E-state index contributed by atoms with van der Waals surface area (Å²) in [6.45, 7) is 10.2. The Morgan fingerprint density at radius 1 is 1.43 bits per heavy atom. The van der Waals surface area contributed by atoms with Gasteiger partial charge in [-0.15, -0.1) is 30.6 Å². The van der Waals surface area contributed by atoms with Gasteiger partial charge < -0.3 is 15.4 Å². The number of hydrogen-bond acceptors (Lipinski definition) is 3. The van der Waals surface area contributed by atoms with E-state index in [2.05, 4.69) is 29.1 Å². The lowest BCUT2D eigenvalue weighted by Gasteiger charge is -2.10. The highest BCUT2D eigenvalue weighted by molar-refractivity contribution is 14.0. The first kappa shape index (κ1) is 21.0. The molecule has 6 heteroatoms. The Labute approximate surface area is 151 Å². The monoisotopic (exact) mass is 427 g/mol. The van der Waals surface area contributed by atoms with E-state index in [-0.39, 0.29) is 24.0 Å². The van der Waals surface area contributed by atoms with Gasteiger partial charge >= 0.3 is 0 Å². The minimum absolute atomic E-state index is 0. The van der Waals surface area contributed by atoms with Crippen molar-refractivity contribution in [2.24, 2.45) is 10.9 Å². The van der Waals surface area contributed by atoms with Crippen LogP contribution in [0.25, 0.3) is 0 Å². The van der Waals surface area contributed by atoms with Gasteiger partial charge in [0.05, 0.1) is 0 Å². The molecule has 4 nitrogen and oxygen atoms in total. The molecule has 0 heterocycles. The standard InChI is InChI=1S/C15H29N3OS.HI/c1-3-11-20-12-9-18-15(16-4-2)17-8-5-10-19-13-14-6-7-14;/h3,14H,1,4-13H2,2H3,(H2,16,17,18);1H. The first-order valence-electron chi connectivity index (χ1n) is 7.65. The van der Waals surface area contributed by atoms with Crippen molar-refractivity contribution < 1.29 is 4.74 Å². The second kappa shape index (κ2) is 15.0. The van der Waals surface area contributed by atoms with E-state index < -0.39 is 0 Å². The molecule has 21 heavy (non-hydrogen) atoms. The predicted molar refractivity (Wildman–Crippen MR) is 105 cm³/mol. The molecule has 1 saturated carbocycles. The van der Waals surface area contributed by atoms with E-state index >= 15 is 0 Å². The molecule has 0 spiro atoms. The molecule has 0 aromatic rings. The third kappa shape index (κ3) is 13.4. The molecule has 1 rings (SSSR count). The predicted octanol–water partition coefficient (Wildman–Crippen LogP) is 2.90. The second-order valence-corrected chi connectivity index (χ2v) is 6.07. The van der Waals surface area contributed by atoms with Crippen LogP contribution in [-0.2, 0) is 4.74 Å². The van der Waals surface area contributed by atoms with Crippen molar-refractivity contribution in [3.8, 4) is 0 Å². The number of guanidine groups is 1. The number of thioether (sulfide) groups is 1. The number of rotatable bonds is 12. The topological polar surface area (TPSA) is 45.7 Å². The summed E-state index contributed by atoms with van der Waals surface area (Å²) in [5, 5.41) is 6.60. The maximum absolute atomic E-state index is 5.60. The largest absolute Gasteiger partial charge is 0.381 e. The van der Waals surface area contributed by atoms with Crippen molar-refractivity contribution in [1.29, 1.82) is 0 Å². The van der Waals surface area contributed by atoms with Crippen LogP contribution in [0, 0.1) is 5.92 Å². The summed E-state index contributed by atoms with van der Waals surface area (Å²) >= 11 is 1.87. The lowest BCUT2D eigenvalue weighted by atomic mass is 10.4. The molecule has 0 atom stereocenters. The van der Waals surface area contributed by atoms with E-state index in [1.807, 2.05) is 17.8 Å². The maximum atomic E-state index is 5.60. The molecule has 0 unspecified atom stereocenters. The zero-order valence-electron chi connectivity index (χ0n) is 13.1. The van der Waals surface area contributed by atoms with Crippen LogP contribution in [0.15, 0.2) is 17.6 Å². The smallest absolute Gasteiger partial charge is 0.191 e. The van der Waals surface area contributed by atoms with Crippen molar-refractivity contribution in [3.05, 3.63) is 12.7 Å². The van der Waals surface area contributed by atoms with Crippen molar-refractivity contribution >= 4 is 41.7 Å². The Kier molecular flexibility index (Phi) is 15.0. The molecule has 0 radical (unpaired) electrons. The average molecular weight is 427 g/mol. The first-order valence-corrected chi connectivity index (χ1v) is 8.80. The molecule has 0 saturated heterocycles. The van der Waals surface area contributed by atoms with Gasteiger partial charge in [0.1, 0.15) is 0 Å². The summed E-state index contributed by atoms with van der Waals surface area (Å²) in [5.41, 5.74) is 0. The third-order valence-corrected chi connectivity index (χ3v) is 3.85. The Bertz CT molecular complexity index is 286. The van der Waals surface area contributed by atoms with Gasteiger partial charge in [0.25, 0.3) is 0 Å². The summed E-state index contributed by atoms with van der Waals surface area (Å²) in [6.07, 6.45) is 5.65. The van der Waals surface area contributed by atoms with Gasteiger partial charge in [0.15, 0.2) is 5.96 Å². The van der Waals surface area contributed by atoms with Crippen molar-refractivity contribution in [2.75, 3.05) is 44.4 Å². The Morgan fingerprint density at radius 3 is 2.90 bits per heavy atom. The van der Waals surface area contributed by atoms with E-state index in [0.29, 0.717) is 0 Å². The number of ether oxygens (including phenoxy) is 1. The van der Waals surface area contributed by atoms with Crippen LogP contribution in [0.2, 0.25) is 0 Å². The van der Waals surface area contributed by atoms with Gasteiger partial charge in [-0.1, -0.05) is 6.08 Å². The minimum atomic E-state index is 0. The molecule has 0 aliphatic heterocycles. The highest BCUT2D eigenvalue weighted by Crippen LogP contribution is 2.28. The lowest BCUT2D eigenvalue weighted by molar-refractivity contribution is 0.123. The summed E-state index contributed by atoms with van der Waals surface area (Å²) < 4.78 is 5.60. The van der Waals surface area contributed by atoms with Crippen molar-refractivity contribution in [3.63, 3.8) is 0 Å². The van der Waals surface area contributed by atoms with E-state index in [4.69, 9.17) is 4.74 Å². The number of hydrogen-bond donors (Lipinski definition) is 2. The lowest BCUT2D eigenvalue weighted by Crippen LogP contribution is -2.38. The van der Waals surface area contributed by atoms with Crippen molar-refractivity contribution in [2.45, 2.75) is 26.2 Å². The molecule has 0 amide bonds. The normalized spacial score (nSPS) is 14.4. The number of aliphatic imine (C=N–C) groups is 1. The average Bonchev–Trinajstić information content (AvgIpc) is 3.26. The highest BCUT2D eigenvalue weighted by Gasteiger charge is 2.20. The van der Waals surface area contributed by atoms with Crippen LogP contribution in [0.3, 0.4) is 0 Å². The van der Waals surface area contributed by atoms with Crippen molar-refractivity contribution in [1.82, 2.24) is 10.6 Å². The number of halogens is 1. The zero-order valence-corrected chi connectivity index (χ0v) is 16.3. The molecule has 1 aliphatic rings. The first-order chi connectivity index (χ1) is 9.86. The van der Waals surface area contributed by atoms with Gasteiger partial charge in [-0.25, -0.2) is 0 Å². The molecule has 1 fully saturated rings. The summed E-state index contributed by atoms with van der Waals surface area (Å²) in [5.74, 6) is 3.84. The van der Waals surface area contributed by atoms with E-state index in [9.17, 15) is 0 Å². The molecule has 0 aromatic carbocycles. The second-order valence-electron chi connectivity index (χ2n) is 4.92. The minimum Gasteiger partial charge on any atom is -0.381 e. The van der Waals surface area contributed by atoms with E-state index in [1.54, 1.807) is 0 Å². The summed E-state index contributed by atoms with van der Waals surface area (Å²) in [7, 11) is 0. The zero-order chi connectivity index (χ0) is 14.5. The van der Waals surface area contributed by atoms with Gasteiger partial charge in [-0.2, -0.15) is 11.8 Å². The van der Waals surface area contributed by atoms with E-state index in [1.165, 1.54) is 12.8 Å². The fourth-order valence-corrected chi connectivity index (χ4v) is 2.22. The quantitative estimate of drug-likeness (QED) is 0.165. The fourth-order valence-electron chi connectivity index (χ4n) is 1.64. The highest BCUT2D eigenvalue weighted by atomic mass is 127. The molecule has 2 N–H and O–H groups in total. The fraction of sp³-hybridized carbons (Fsp3) is 0.800. The molecular weight excluding hydrogens is 397 g/mol. The van der Waals surface area contributed by atoms with Gasteiger partial charge in [0.2, 0.25) is 0 Å². The molecule has 1 aliphatic carbocycles. The number of nitrogens with one attached hydrogen (secondary N) is 2. The van der Waals surface area contributed by atoms with Crippen LogP contribution >= 0.6 is 35.7 Å². The summed E-state index contributed by atoms with van der Waals surface area (Å²) in [6, 6.07) is 0. The van der Waals surface area contributed by atoms with Crippen LogP contribution in [0.5, 0.6) is 0 Å². The van der Waals surface area contributed by atoms with Crippen LogP contribution in [0.4, 0.5) is 0 Å². The number of nitrogens with zero attached hydrogens (tertiary/aromatic N) is 1.